The summed E-state index contributed by atoms with van der Waals surface area (Å²) < 4.78 is 22.2. The van der Waals surface area contributed by atoms with Crippen molar-refractivity contribution in [3.63, 3.8) is 0 Å². The van der Waals surface area contributed by atoms with Gasteiger partial charge in [-0.05, 0) is 12.8 Å². The van der Waals surface area contributed by atoms with E-state index in [2.05, 4.69) is 10.3 Å². The quantitative estimate of drug-likeness (QED) is 0.474. The first-order chi connectivity index (χ1) is 8.64. The number of thiazole rings is 1. The molecule has 0 aliphatic heterocycles. The van der Waals surface area contributed by atoms with Crippen LogP contribution in [0.5, 0.6) is 0 Å². The number of nitrogens with zero attached hydrogens (tertiary/aromatic N) is 1. The van der Waals surface area contributed by atoms with Crippen LogP contribution in [0.3, 0.4) is 0 Å². The summed E-state index contributed by atoms with van der Waals surface area (Å²) in [7, 11) is -9.96. The summed E-state index contributed by atoms with van der Waals surface area (Å²) in [6.45, 7) is 2.03. The maximum atomic E-state index is 11.1. The Bertz CT molecular complexity index is 487. The van der Waals surface area contributed by atoms with Crippen LogP contribution < -0.4 is 5.32 Å². The van der Waals surface area contributed by atoms with Crippen LogP contribution in [0.25, 0.3) is 0 Å². The minimum Gasteiger partial charge on any atom is -0.338 e. The zero-order chi connectivity index (χ0) is 14.7. The number of aryl methyl sites for hydroxylation is 1. The van der Waals surface area contributed by atoms with E-state index < -0.39 is 20.7 Å². The third-order valence-corrected chi connectivity index (χ3v) is 6.55. The molecule has 0 atom stereocenters. The molecule has 0 aromatic carbocycles. The Labute approximate surface area is 114 Å². The van der Waals surface area contributed by atoms with Crippen molar-refractivity contribution in [2.45, 2.75) is 31.7 Å². The fraction of sp³-hybridized carbons (Fsp3) is 0.625. The molecule has 8 nitrogen and oxygen atoms in total. The second-order valence-electron chi connectivity index (χ2n) is 3.93. The smallest absolute Gasteiger partial charge is 0.338 e. The highest BCUT2D eigenvalue weighted by Gasteiger charge is 2.44. The number of hydrogen-bond acceptors (Lipinski definition) is 5. The Hall–Kier alpha value is -0.270. The number of aromatic nitrogens is 1. The Kier molecular flexibility index (Phi) is 5.70. The van der Waals surface area contributed by atoms with E-state index in [0.29, 0.717) is 0 Å². The average Bonchev–Trinajstić information content (AvgIpc) is 2.67. The van der Waals surface area contributed by atoms with Crippen LogP contribution in [0.4, 0.5) is 5.13 Å². The van der Waals surface area contributed by atoms with Crippen LogP contribution >= 0.6 is 26.5 Å². The number of unbranched alkanes of at least 4 members (excludes halogenated alkanes) is 1. The lowest BCUT2D eigenvalue weighted by Gasteiger charge is -2.19. The maximum absolute atomic E-state index is 11.1. The molecule has 0 saturated heterocycles. The minimum absolute atomic E-state index is 0.0859. The Balaban J connectivity index is 2.83. The molecule has 0 bridgehead atoms. The second kappa shape index (κ2) is 6.45. The first-order valence-corrected chi connectivity index (χ1v) is 9.64. The van der Waals surface area contributed by atoms with E-state index in [4.69, 9.17) is 19.6 Å². The summed E-state index contributed by atoms with van der Waals surface area (Å²) in [5, 5.41) is 2.22. The largest absolute Gasteiger partial charge is 0.360 e. The van der Waals surface area contributed by atoms with Crippen LogP contribution in [0.2, 0.25) is 0 Å². The van der Waals surface area contributed by atoms with Gasteiger partial charge in [-0.15, -0.1) is 11.3 Å². The summed E-state index contributed by atoms with van der Waals surface area (Å²) in [6, 6.07) is 0. The summed E-state index contributed by atoms with van der Waals surface area (Å²) >= 11 is 1.12. The second-order valence-corrected chi connectivity index (χ2v) is 8.84. The summed E-state index contributed by atoms with van der Waals surface area (Å²) in [4.78, 5) is 40.6. The number of hydrogen-bond donors (Lipinski definition) is 5. The van der Waals surface area contributed by atoms with Gasteiger partial charge >= 0.3 is 15.2 Å². The van der Waals surface area contributed by atoms with Crippen molar-refractivity contribution in [2.75, 3.05) is 5.32 Å². The molecule has 0 aliphatic carbocycles. The highest BCUT2D eigenvalue weighted by atomic mass is 32.1. The summed E-state index contributed by atoms with van der Waals surface area (Å²) in [5.41, 5.74) is -2.26. The Morgan fingerprint density at radius 2 is 1.89 bits per heavy atom. The highest BCUT2D eigenvalue weighted by molar-refractivity contribution is 7.71. The standard InChI is InChI=1S/C8H16N2O6P2S/c1-2-3-4-6-5-9-7(19-6)10-8(17(11,12)13)18(14,15)16/h5,8H,2-4H2,1H3,(H,9,10)(H2,11,12,13)(H2,14,15,16). The van der Waals surface area contributed by atoms with E-state index >= 15 is 0 Å². The van der Waals surface area contributed by atoms with Gasteiger partial charge in [-0.1, -0.05) is 13.3 Å². The monoisotopic (exact) mass is 330 g/mol. The predicted octanol–water partition coefficient (Wildman–Crippen LogP) is 1.54. The van der Waals surface area contributed by atoms with E-state index in [-0.39, 0.29) is 5.13 Å². The predicted molar refractivity (Wildman–Crippen MR) is 72.2 cm³/mol. The van der Waals surface area contributed by atoms with E-state index in [1.807, 2.05) is 6.92 Å². The van der Waals surface area contributed by atoms with Gasteiger partial charge in [0.05, 0.1) is 0 Å². The van der Waals surface area contributed by atoms with Crippen molar-refractivity contribution >= 4 is 31.7 Å². The van der Waals surface area contributed by atoms with Gasteiger partial charge in [0.1, 0.15) is 0 Å². The molecule has 110 valence electrons. The summed E-state index contributed by atoms with van der Waals surface area (Å²) in [5.74, 6) is 0. The van der Waals surface area contributed by atoms with Crippen LogP contribution in [0.1, 0.15) is 24.6 Å². The van der Waals surface area contributed by atoms with Crippen molar-refractivity contribution in [1.29, 1.82) is 0 Å². The average molecular weight is 330 g/mol. The number of nitrogens with one attached hydrogen (secondary N) is 1. The van der Waals surface area contributed by atoms with E-state index in [9.17, 15) is 9.13 Å². The SMILES string of the molecule is CCCCc1cnc(NC(P(=O)(O)O)P(=O)(O)O)s1. The fourth-order valence-corrected chi connectivity index (χ4v) is 4.52. The molecule has 0 radical (unpaired) electrons. The molecule has 1 aromatic rings. The summed E-state index contributed by atoms with van der Waals surface area (Å²) in [6.07, 6.45) is 4.24. The molecular formula is C8H16N2O6P2S. The van der Waals surface area contributed by atoms with Crippen LogP contribution in [0.15, 0.2) is 6.20 Å². The zero-order valence-electron chi connectivity index (χ0n) is 10.1. The lowest BCUT2D eigenvalue weighted by atomic mass is 10.2. The molecule has 1 rings (SSSR count). The third kappa shape index (κ3) is 5.31. The molecule has 0 aliphatic rings. The number of rotatable bonds is 7. The van der Waals surface area contributed by atoms with Gasteiger partial charge in [0, 0.05) is 11.1 Å². The Morgan fingerprint density at radius 3 is 2.37 bits per heavy atom. The van der Waals surface area contributed by atoms with Crippen molar-refractivity contribution in [2.24, 2.45) is 0 Å². The van der Waals surface area contributed by atoms with E-state index in [1.165, 1.54) is 6.20 Å². The molecule has 0 saturated carbocycles. The van der Waals surface area contributed by atoms with Gasteiger partial charge < -0.3 is 24.9 Å². The highest BCUT2D eigenvalue weighted by Crippen LogP contribution is 2.59. The van der Waals surface area contributed by atoms with Crippen molar-refractivity contribution in [3.05, 3.63) is 11.1 Å². The molecule has 0 amide bonds. The van der Waals surface area contributed by atoms with Crippen molar-refractivity contribution in [3.8, 4) is 0 Å². The first kappa shape index (κ1) is 16.8. The molecule has 19 heavy (non-hydrogen) atoms. The zero-order valence-corrected chi connectivity index (χ0v) is 12.7. The van der Waals surface area contributed by atoms with Crippen molar-refractivity contribution < 1.29 is 28.7 Å². The Morgan fingerprint density at radius 1 is 1.32 bits per heavy atom. The normalized spacial score (nSPS) is 12.9. The molecule has 0 fully saturated rings. The molecular weight excluding hydrogens is 314 g/mol. The van der Waals surface area contributed by atoms with Gasteiger partial charge in [0.2, 0.25) is 5.52 Å². The minimum atomic E-state index is -4.98. The maximum Gasteiger partial charge on any atom is 0.360 e. The van der Waals surface area contributed by atoms with Crippen molar-refractivity contribution in [1.82, 2.24) is 4.98 Å². The fourth-order valence-electron chi connectivity index (χ4n) is 1.32. The van der Waals surface area contributed by atoms with Gasteiger partial charge in [0.15, 0.2) is 5.13 Å². The topological polar surface area (TPSA) is 140 Å². The molecule has 0 unspecified atom stereocenters. The van der Waals surface area contributed by atoms with Gasteiger partial charge in [-0.25, -0.2) is 4.98 Å². The first-order valence-electron chi connectivity index (χ1n) is 5.46. The molecule has 1 aromatic heterocycles. The lowest BCUT2D eigenvalue weighted by molar-refractivity contribution is 0.343. The van der Waals surface area contributed by atoms with Gasteiger partial charge in [0.25, 0.3) is 0 Å². The van der Waals surface area contributed by atoms with Crippen LogP contribution in [0, 0.1) is 0 Å². The van der Waals surface area contributed by atoms with Gasteiger partial charge in [-0.3, -0.25) is 9.13 Å². The molecule has 1 heterocycles. The number of anilines is 1. The third-order valence-electron chi connectivity index (χ3n) is 2.22. The van der Waals surface area contributed by atoms with E-state index in [0.717, 1.165) is 35.5 Å². The molecule has 5 N–H and O–H groups in total. The van der Waals surface area contributed by atoms with Crippen LogP contribution in [-0.2, 0) is 15.6 Å². The lowest BCUT2D eigenvalue weighted by Crippen LogP contribution is -2.19. The van der Waals surface area contributed by atoms with Gasteiger partial charge in [-0.2, -0.15) is 0 Å². The molecule has 11 heteroatoms. The van der Waals surface area contributed by atoms with Crippen LogP contribution in [-0.4, -0.2) is 30.1 Å². The van der Waals surface area contributed by atoms with E-state index in [1.54, 1.807) is 0 Å². The molecule has 0 spiro atoms.